The summed E-state index contributed by atoms with van der Waals surface area (Å²) in [6.07, 6.45) is 1.43. The van der Waals surface area contributed by atoms with Crippen LogP contribution in [0.4, 0.5) is 8.78 Å². The average molecular weight is 344 g/mol. The number of rotatable bonds is 5. The molecule has 1 heterocycles. The molecular weight excluding hydrogens is 330 g/mol. The van der Waals surface area contributed by atoms with Crippen LogP contribution >= 0.6 is 0 Å². The molecule has 3 rings (SSSR count). The van der Waals surface area contributed by atoms with E-state index in [1.165, 1.54) is 36.5 Å². The minimum absolute atomic E-state index is 0.0664. The van der Waals surface area contributed by atoms with E-state index in [-0.39, 0.29) is 23.8 Å². The van der Waals surface area contributed by atoms with Crippen molar-refractivity contribution in [2.75, 3.05) is 0 Å². The van der Waals surface area contributed by atoms with Gasteiger partial charge in [0.05, 0.1) is 6.20 Å². The van der Waals surface area contributed by atoms with Crippen molar-refractivity contribution in [1.82, 2.24) is 10.5 Å². The third-order valence-electron chi connectivity index (χ3n) is 3.46. The number of nitrogens with one attached hydrogen (secondary N) is 1. The Kier molecular flexibility index (Phi) is 4.74. The van der Waals surface area contributed by atoms with Crippen LogP contribution in [0.5, 0.6) is 11.5 Å². The number of ether oxygens (including phenoxy) is 1. The third kappa shape index (κ3) is 3.82. The second-order valence-corrected chi connectivity index (χ2v) is 5.32. The smallest absolute Gasteiger partial charge is 0.290 e. The van der Waals surface area contributed by atoms with Crippen LogP contribution in [0.1, 0.15) is 21.7 Å². The maximum Gasteiger partial charge on any atom is 0.290 e. The monoisotopic (exact) mass is 344 g/mol. The number of hydrogen-bond donors (Lipinski definition) is 1. The Labute approximate surface area is 142 Å². The molecule has 25 heavy (non-hydrogen) atoms. The largest absolute Gasteiger partial charge is 0.451 e. The number of amides is 1. The first-order valence-electron chi connectivity index (χ1n) is 7.45. The van der Waals surface area contributed by atoms with E-state index in [9.17, 15) is 13.6 Å². The molecule has 0 fully saturated rings. The van der Waals surface area contributed by atoms with E-state index in [1.54, 1.807) is 19.1 Å². The van der Waals surface area contributed by atoms with Crippen molar-refractivity contribution in [2.45, 2.75) is 13.5 Å². The lowest BCUT2D eigenvalue weighted by Gasteiger charge is -2.09. The van der Waals surface area contributed by atoms with Gasteiger partial charge in [-0.2, -0.15) is 0 Å². The summed E-state index contributed by atoms with van der Waals surface area (Å²) in [5, 5.41) is 6.13. The van der Waals surface area contributed by atoms with Crippen molar-refractivity contribution in [1.29, 1.82) is 0 Å². The highest BCUT2D eigenvalue weighted by Crippen LogP contribution is 2.27. The van der Waals surface area contributed by atoms with Crippen LogP contribution in [0.3, 0.4) is 0 Å². The number of aryl methyl sites for hydroxylation is 1. The van der Waals surface area contributed by atoms with Gasteiger partial charge in [-0.05, 0) is 36.8 Å². The van der Waals surface area contributed by atoms with Gasteiger partial charge in [0, 0.05) is 12.1 Å². The quantitative estimate of drug-likeness (QED) is 0.760. The lowest BCUT2D eigenvalue weighted by Crippen LogP contribution is -2.23. The minimum Gasteiger partial charge on any atom is -0.451 e. The lowest BCUT2D eigenvalue weighted by atomic mass is 10.2. The maximum absolute atomic E-state index is 14.1. The summed E-state index contributed by atoms with van der Waals surface area (Å²) in [6.45, 7) is 1.79. The van der Waals surface area contributed by atoms with Gasteiger partial charge in [-0.15, -0.1) is 0 Å². The Morgan fingerprint density at radius 2 is 1.92 bits per heavy atom. The second kappa shape index (κ2) is 7.12. The zero-order chi connectivity index (χ0) is 17.8. The van der Waals surface area contributed by atoms with Gasteiger partial charge >= 0.3 is 0 Å². The molecule has 0 atom stereocenters. The second-order valence-electron chi connectivity index (χ2n) is 5.32. The molecule has 0 radical (unpaired) electrons. The number of aromatic nitrogens is 1. The minimum atomic E-state index is -0.661. The highest BCUT2D eigenvalue weighted by atomic mass is 19.1. The number of para-hydroxylation sites is 1. The predicted molar refractivity (Wildman–Crippen MR) is 85.3 cm³/mol. The molecule has 1 N–H and O–H groups in total. The highest BCUT2D eigenvalue weighted by Gasteiger charge is 2.14. The first-order valence-corrected chi connectivity index (χ1v) is 7.45. The fourth-order valence-corrected chi connectivity index (χ4v) is 2.15. The Bertz CT molecular complexity index is 909. The zero-order valence-electron chi connectivity index (χ0n) is 13.3. The number of carbonyl (C=O) groups is 1. The van der Waals surface area contributed by atoms with Gasteiger partial charge in [-0.25, -0.2) is 8.78 Å². The Hall–Kier alpha value is -3.22. The van der Waals surface area contributed by atoms with E-state index < -0.39 is 17.5 Å². The van der Waals surface area contributed by atoms with Gasteiger partial charge in [0.25, 0.3) is 5.91 Å². The lowest BCUT2D eigenvalue weighted by molar-refractivity contribution is 0.0913. The van der Waals surface area contributed by atoms with E-state index >= 15 is 0 Å². The summed E-state index contributed by atoms with van der Waals surface area (Å²) in [7, 11) is 0. The van der Waals surface area contributed by atoms with E-state index in [2.05, 4.69) is 10.5 Å². The van der Waals surface area contributed by atoms with Crippen LogP contribution in [-0.4, -0.2) is 11.1 Å². The van der Waals surface area contributed by atoms with Crippen molar-refractivity contribution in [2.24, 2.45) is 0 Å². The Morgan fingerprint density at radius 3 is 2.60 bits per heavy atom. The number of nitrogens with zero attached hydrogens (tertiary/aromatic N) is 1. The molecule has 0 aliphatic rings. The van der Waals surface area contributed by atoms with Crippen molar-refractivity contribution in [3.8, 4) is 11.5 Å². The Morgan fingerprint density at radius 1 is 1.16 bits per heavy atom. The van der Waals surface area contributed by atoms with Gasteiger partial charge in [0.1, 0.15) is 0 Å². The molecule has 7 heteroatoms. The summed E-state index contributed by atoms with van der Waals surface area (Å²) in [5.74, 6) is -1.75. The van der Waals surface area contributed by atoms with Crippen molar-refractivity contribution < 1.29 is 22.8 Å². The standard InChI is InChI=1S/C18H14F2N2O3/c1-11-9-22-25-17(11)18(23)21-10-12-6-7-16(14(20)8-12)24-15-5-3-2-4-13(15)19/h2-9H,10H2,1H3,(H,21,23). The first kappa shape index (κ1) is 16.6. The number of halogens is 2. The Balaban J connectivity index is 1.67. The normalized spacial score (nSPS) is 10.5. The molecule has 2 aromatic carbocycles. The number of benzene rings is 2. The zero-order valence-corrected chi connectivity index (χ0v) is 13.3. The van der Waals surface area contributed by atoms with E-state index in [1.807, 2.05) is 0 Å². The molecule has 0 bridgehead atoms. The van der Waals surface area contributed by atoms with Gasteiger partial charge < -0.3 is 14.6 Å². The number of hydrogen-bond acceptors (Lipinski definition) is 4. The van der Waals surface area contributed by atoms with Gasteiger partial charge in [-0.1, -0.05) is 23.4 Å². The summed E-state index contributed by atoms with van der Waals surface area (Å²) < 4.78 is 37.8. The van der Waals surface area contributed by atoms with Crippen molar-refractivity contribution in [3.05, 3.63) is 77.2 Å². The molecule has 0 aliphatic carbocycles. The van der Waals surface area contributed by atoms with E-state index in [4.69, 9.17) is 9.26 Å². The summed E-state index contributed by atoms with van der Waals surface area (Å²) >= 11 is 0. The fourth-order valence-electron chi connectivity index (χ4n) is 2.15. The van der Waals surface area contributed by atoms with Crippen molar-refractivity contribution in [3.63, 3.8) is 0 Å². The van der Waals surface area contributed by atoms with Gasteiger partial charge in [-0.3, -0.25) is 4.79 Å². The van der Waals surface area contributed by atoms with Gasteiger partial charge in [0.2, 0.25) is 5.76 Å². The van der Waals surface area contributed by atoms with Crippen LogP contribution in [0, 0.1) is 18.6 Å². The summed E-state index contributed by atoms with van der Waals surface area (Å²) in [5.41, 5.74) is 1.13. The molecule has 0 aliphatic heterocycles. The predicted octanol–water partition coefficient (Wildman–Crippen LogP) is 3.98. The molecule has 5 nitrogen and oxygen atoms in total. The number of carbonyl (C=O) groups excluding carboxylic acids is 1. The van der Waals surface area contributed by atoms with Crippen LogP contribution in [-0.2, 0) is 6.54 Å². The topological polar surface area (TPSA) is 64.4 Å². The average Bonchev–Trinajstić information content (AvgIpc) is 3.03. The molecule has 1 aromatic heterocycles. The molecule has 0 saturated heterocycles. The summed E-state index contributed by atoms with van der Waals surface area (Å²) in [4.78, 5) is 11.9. The molecule has 0 spiro atoms. The maximum atomic E-state index is 14.1. The van der Waals surface area contributed by atoms with Crippen molar-refractivity contribution >= 4 is 5.91 Å². The van der Waals surface area contributed by atoms with E-state index in [0.717, 1.165) is 0 Å². The molecule has 0 unspecified atom stereocenters. The molecule has 3 aromatic rings. The molecular formula is C18H14F2N2O3. The van der Waals surface area contributed by atoms with Crippen LogP contribution in [0.15, 0.2) is 53.2 Å². The first-order chi connectivity index (χ1) is 12.0. The SMILES string of the molecule is Cc1cnoc1C(=O)NCc1ccc(Oc2ccccc2F)c(F)c1. The van der Waals surface area contributed by atoms with Crippen LogP contribution in [0.25, 0.3) is 0 Å². The molecule has 1 amide bonds. The van der Waals surface area contributed by atoms with E-state index in [0.29, 0.717) is 11.1 Å². The third-order valence-corrected chi connectivity index (χ3v) is 3.46. The summed E-state index contributed by atoms with van der Waals surface area (Å²) in [6, 6.07) is 9.90. The highest BCUT2D eigenvalue weighted by molar-refractivity contribution is 5.92. The van der Waals surface area contributed by atoms with Gasteiger partial charge in [0.15, 0.2) is 23.1 Å². The van der Waals surface area contributed by atoms with Crippen LogP contribution in [0.2, 0.25) is 0 Å². The molecule has 0 saturated carbocycles. The fraction of sp³-hybridized carbons (Fsp3) is 0.111. The van der Waals surface area contributed by atoms with Crippen LogP contribution < -0.4 is 10.1 Å². The molecule has 128 valence electrons.